The van der Waals surface area contributed by atoms with E-state index in [0.717, 1.165) is 54.9 Å². The molecule has 0 amide bonds. The van der Waals surface area contributed by atoms with Crippen LogP contribution in [0.3, 0.4) is 0 Å². The van der Waals surface area contributed by atoms with E-state index >= 15 is 0 Å². The first kappa shape index (κ1) is 36.0. The Morgan fingerprint density at radius 2 is 1.33 bits per heavy atom. The molecule has 254 valence electrons. The average Bonchev–Trinajstić information content (AvgIpc) is 3.32. The Labute approximate surface area is 263 Å². The van der Waals surface area contributed by atoms with E-state index in [1.165, 1.54) is 12.2 Å². The molecule has 0 N–H and O–H groups in total. The minimum absolute atomic E-state index is 0.00185. The summed E-state index contributed by atoms with van der Waals surface area (Å²) < 4.78 is 55.1. The Hall–Kier alpha value is -4.51. The molecule has 1 aliphatic carbocycles. The predicted molar refractivity (Wildman–Crippen MR) is 145 cm³/mol. The molecule has 0 bridgehead atoms. The third-order valence-corrected chi connectivity index (χ3v) is 6.99. The largest absolute Gasteiger partial charge is 0.471 e. The highest BCUT2D eigenvalue weighted by Crippen LogP contribution is 2.48. The molecule has 46 heavy (non-hydrogen) atoms. The van der Waals surface area contributed by atoms with Crippen molar-refractivity contribution >= 4 is 41.8 Å². The number of hydrogen-bond acceptors (Lipinski definition) is 17. The second-order valence-corrected chi connectivity index (χ2v) is 10.5. The molecule has 2 aliphatic heterocycles. The van der Waals surface area contributed by atoms with E-state index in [1.54, 1.807) is 0 Å². The van der Waals surface area contributed by atoms with Gasteiger partial charge >= 0.3 is 41.8 Å². The van der Waals surface area contributed by atoms with Gasteiger partial charge in [-0.05, 0) is 6.08 Å². The number of carbonyl (C=O) groups is 7. The summed E-state index contributed by atoms with van der Waals surface area (Å²) in [5.74, 6) is -7.60. The van der Waals surface area contributed by atoms with E-state index in [2.05, 4.69) is 0 Å². The minimum Gasteiger partial charge on any atom is -0.471 e. The van der Waals surface area contributed by atoms with Gasteiger partial charge in [0.25, 0.3) is 0 Å². The predicted octanol–water partition coefficient (Wildman–Crippen LogP) is 0.167. The average molecular weight is 657 g/mol. The number of carbonyl (C=O) groups excluding carboxylic acids is 7. The van der Waals surface area contributed by atoms with Crippen LogP contribution in [0.15, 0.2) is 24.0 Å². The van der Waals surface area contributed by atoms with E-state index < -0.39 is 109 Å². The summed E-state index contributed by atoms with van der Waals surface area (Å²) in [5, 5.41) is 0. The molecule has 3 aliphatic rings. The summed E-state index contributed by atoms with van der Waals surface area (Å²) >= 11 is 0. The molecule has 0 radical (unpaired) electrons. The molecule has 0 saturated carbocycles. The maximum absolute atomic E-state index is 12.7. The van der Waals surface area contributed by atoms with Crippen molar-refractivity contribution in [1.29, 1.82) is 0 Å². The van der Waals surface area contributed by atoms with Crippen LogP contribution in [0.4, 0.5) is 0 Å². The zero-order valence-electron chi connectivity index (χ0n) is 26.2. The fourth-order valence-electron chi connectivity index (χ4n) is 5.41. The third kappa shape index (κ3) is 8.60. The van der Waals surface area contributed by atoms with Crippen LogP contribution in [0, 0.1) is 11.8 Å². The van der Waals surface area contributed by atoms with Gasteiger partial charge in [-0.2, -0.15) is 0 Å². The Kier molecular flexibility index (Phi) is 11.9. The van der Waals surface area contributed by atoms with Crippen LogP contribution >= 0.6 is 0 Å². The topological polar surface area (TPSA) is 212 Å². The molecular weight excluding hydrogens is 620 g/mol. The first-order chi connectivity index (χ1) is 21.6. The highest BCUT2D eigenvalue weighted by Gasteiger charge is 2.60. The lowest BCUT2D eigenvalue weighted by Gasteiger charge is -2.47. The Morgan fingerprint density at radius 1 is 0.739 bits per heavy atom. The summed E-state index contributed by atoms with van der Waals surface area (Å²) in [4.78, 5) is 84.9. The third-order valence-electron chi connectivity index (χ3n) is 6.99. The first-order valence-corrected chi connectivity index (χ1v) is 14.0. The summed E-state index contributed by atoms with van der Waals surface area (Å²) in [6.07, 6.45) is -5.16. The molecule has 2 heterocycles. The number of methoxy groups -OCH3 is 1. The highest BCUT2D eigenvalue weighted by molar-refractivity contribution is 5.89. The molecule has 17 nitrogen and oxygen atoms in total. The number of esters is 7. The first-order valence-electron chi connectivity index (χ1n) is 14.0. The molecule has 1 saturated heterocycles. The van der Waals surface area contributed by atoms with Crippen molar-refractivity contribution in [2.75, 3.05) is 20.3 Å². The lowest BCUT2D eigenvalue weighted by atomic mass is 9.79. The fraction of sp³-hybridized carbons (Fsp3) is 0.621. The van der Waals surface area contributed by atoms with Crippen molar-refractivity contribution in [3.05, 3.63) is 24.0 Å². The van der Waals surface area contributed by atoms with E-state index in [9.17, 15) is 33.6 Å². The van der Waals surface area contributed by atoms with Gasteiger partial charge in [-0.15, -0.1) is 0 Å². The van der Waals surface area contributed by atoms with Gasteiger partial charge in [0.2, 0.25) is 12.6 Å². The van der Waals surface area contributed by atoms with Crippen LogP contribution in [0.5, 0.6) is 0 Å². The molecule has 0 unspecified atom stereocenters. The zero-order valence-corrected chi connectivity index (χ0v) is 26.2. The maximum atomic E-state index is 12.7. The monoisotopic (exact) mass is 656 g/mol. The van der Waals surface area contributed by atoms with E-state index in [1.807, 2.05) is 0 Å². The number of allylic oxidation sites excluding steroid dienone is 1. The van der Waals surface area contributed by atoms with Crippen LogP contribution in [-0.2, 0) is 80.9 Å². The lowest BCUT2D eigenvalue weighted by molar-refractivity contribution is -0.348. The van der Waals surface area contributed by atoms with Gasteiger partial charge in [0.15, 0.2) is 23.9 Å². The van der Waals surface area contributed by atoms with Crippen molar-refractivity contribution < 1.29 is 80.9 Å². The summed E-state index contributed by atoms with van der Waals surface area (Å²) in [6, 6.07) is 0. The summed E-state index contributed by atoms with van der Waals surface area (Å²) in [5.41, 5.74) is -1.75. The normalized spacial score (nSPS) is 31.2. The van der Waals surface area contributed by atoms with Gasteiger partial charge in [0.1, 0.15) is 19.3 Å². The van der Waals surface area contributed by atoms with Crippen LogP contribution < -0.4 is 0 Å². The van der Waals surface area contributed by atoms with Crippen molar-refractivity contribution in [2.45, 2.75) is 84.1 Å². The fourth-order valence-corrected chi connectivity index (χ4v) is 5.41. The summed E-state index contributed by atoms with van der Waals surface area (Å²) in [7, 11) is 1.15. The number of fused-ring (bicyclic) bond motifs is 1. The Bertz CT molecular complexity index is 1290. The number of rotatable bonds is 11. The van der Waals surface area contributed by atoms with Crippen LogP contribution in [-0.4, -0.2) is 105 Å². The second kappa shape index (κ2) is 15.2. The standard InChI is InChI=1S/C29H36O17/c1-13(30)38-11-21-23(41-15(3)32)24(42-16(4)33)25(43-17(5)34)28(44-21)45-27-22-19(20(10-39-27)26(36)37-7)8-9-29(22,46-18(6)35)12-40-14(2)31/h8-10,19,21-25,27-28H,11-12H2,1-7H3/t19-,21-,22-,23-,24+,25-,27+,28+,29-/m1/s1. The molecule has 0 aromatic rings. The van der Waals surface area contributed by atoms with Crippen molar-refractivity contribution in [3.8, 4) is 0 Å². The number of ether oxygens (including phenoxy) is 10. The molecule has 0 spiro atoms. The van der Waals surface area contributed by atoms with Gasteiger partial charge in [-0.3, -0.25) is 28.8 Å². The molecule has 1 fully saturated rings. The molecule has 0 aromatic carbocycles. The van der Waals surface area contributed by atoms with Crippen LogP contribution in [0.1, 0.15) is 41.5 Å². The van der Waals surface area contributed by atoms with Crippen LogP contribution in [0.25, 0.3) is 0 Å². The lowest BCUT2D eigenvalue weighted by Crippen LogP contribution is -2.64. The van der Waals surface area contributed by atoms with Gasteiger partial charge in [0, 0.05) is 47.5 Å². The molecule has 0 aromatic heterocycles. The molecular formula is C29H36O17. The quantitative estimate of drug-likeness (QED) is 0.165. The number of hydrogen-bond donors (Lipinski definition) is 0. The smallest absolute Gasteiger partial charge is 0.337 e. The highest BCUT2D eigenvalue weighted by atomic mass is 16.8. The van der Waals surface area contributed by atoms with Crippen molar-refractivity contribution in [2.24, 2.45) is 11.8 Å². The Morgan fingerprint density at radius 3 is 1.87 bits per heavy atom. The molecule has 9 atom stereocenters. The maximum Gasteiger partial charge on any atom is 0.337 e. The SMILES string of the molecule is COC(=O)C1=CO[C@@H](O[C@@H]2O[C@H](COC(C)=O)[C@@H](OC(C)=O)[C@H](OC(C)=O)[C@H]2OC(C)=O)[C@H]2[C@@H]1C=C[C@]2(COC(C)=O)OC(C)=O. The molecule has 17 heteroatoms. The zero-order chi connectivity index (χ0) is 34.3. The van der Waals surface area contributed by atoms with Crippen molar-refractivity contribution in [1.82, 2.24) is 0 Å². The minimum atomic E-state index is -1.75. The Balaban J connectivity index is 2.12. The van der Waals surface area contributed by atoms with E-state index in [-0.39, 0.29) is 5.57 Å². The molecule has 3 rings (SSSR count). The van der Waals surface area contributed by atoms with E-state index in [0.29, 0.717) is 0 Å². The van der Waals surface area contributed by atoms with Crippen LogP contribution in [0.2, 0.25) is 0 Å². The van der Waals surface area contributed by atoms with E-state index in [4.69, 9.17) is 47.4 Å². The second-order valence-electron chi connectivity index (χ2n) is 10.5. The summed E-state index contributed by atoms with van der Waals surface area (Å²) in [6.45, 7) is 5.52. The van der Waals surface area contributed by atoms with Gasteiger partial charge < -0.3 is 47.4 Å². The van der Waals surface area contributed by atoms with Gasteiger partial charge in [-0.1, -0.05) is 6.08 Å². The van der Waals surface area contributed by atoms with Gasteiger partial charge in [-0.25, -0.2) is 4.79 Å². The van der Waals surface area contributed by atoms with Crippen molar-refractivity contribution in [3.63, 3.8) is 0 Å². The van der Waals surface area contributed by atoms with Gasteiger partial charge in [0.05, 0.1) is 24.9 Å².